The molecule has 30 heavy (non-hydrogen) atoms. The van der Waals surface area contributed by atoms with Gasteiger partial charge in [0.15, 0.2) is 0 Å². The number of methoxy groups -OCH3 is 1. The molecule has 2 heterocycles. The number of rotatable bonds is 4. The summed E-state index contributed by atoms with van der Waals surface area (Å²) >= 11 is 6.16. The number of ether oxygens (including phenoxy) is 1. The summed E-state index contributed by atoms with van der Waals surface area (Å²) in [5.74, 6) is 0.370. The van der Waals surface area contributed by atoms with Crippen molar-refractivity contribution in [2.45, 2.75) is 38.8 Å². The summed E-state index contributed by atoms with van der Waals surface area (Å²) in [4.78, 5) is 30.2. The highest BCUT2D eigenvalue weighted by Crippen LogP contribution is 2.35. The number of nitrogens with one attached hydrogen (secondary N) is 1. The van der Waals surface area contributed by atoms with Crippen molar-refractivity contribution in [2.75, 3.05) is 30.4 Å². The lowest BCUT2D eigenvalue weighted by Gasteiger charge is -2.44. The summed E-state index contributed by atoms with van der Waals surface area (Å²) in [5, 5.41) is 3.30. The van der Waals surface area contributed by atoms with E-state index < -0.39 is 0 Å². The SMILES string of the molecule is CCN1c2cc(C(=O)Nc3ccc(OC)c(Cl)c3)ccc2C(=O)N2CCCCC[C@@H]21. The van der Waals surface area contributed by atoms with Gasteiger partial charge in [-0.05, 0) is 62.6 Å². The largest absolute Gasteiger partial charge is 0.495 e. The Kier molecular flexibility index (Phi) is 5.86. The van der Waals surface area contributed by atoms with Gasteiger partial charge in [0.25, 0.3) is 11.8 Å². The van der Waals surface area contributed by atoms with Crippen LogP contribution >= 0.6 is 11.6 Å². The molecule has 7 heteroatoms. The Morgan fingerprint density at radius 2 is 2.03 bits per heavy atom. The van der Waals surface area contributed by atoms with Gasteiger partial charge in [-0.15, -0.1) is 0 Å². The van der Waals surface area contributed by atoms with Crippen molar-refractivity contribution in [1.29, 1.82) is 0 Å². The first kappa shape index (κ1) is 20.5. The molecule has 2 amide bonds. The third-order valence-electron chi connectivity index (χ3n) is 5.89. The van der Waals surface area contributed by atoms with Crippen molar-refractivity contribution in [3.8, 4) is 5.75 Å². The molecular weight excluding hydrogens is 402 g/mol. The number of fused-ring (bicyclic) bond motifs is 2. The van der Waals surface area contributed by atoms with Gasteiger partial charge in [-0.3, -0.25) is 9.59 Å². The number of amides is 2. The molecule has 2 aliphatic heterocycles. The number of carbonyl (C=O) groups is 2. The van der Waals surface area contributed by atoms with Crippen LogP contribution in [0, 0.1) is 0 Å². The molecule has 2 aliphatic rings. The normalized spacial score (nSPS) is 18.4. The van der Waals surface area contributed by atoms with Gasteiger partial charge in [0.2, 0.25) is 0 Å². The van der Waals surface area contributed by atoms with Crippen molar-refractivity contribution in [3.63, 3.8) is 0 Å². The minimum atomic E-state index is -0.245. The fourth-order valence-electron chi connectivity index (χ4n) is 4.39. The van der Waals surface area contributed by atoms with Crippen LogP contribution in [0.5, 0.6) is 5.75 Å². The minimum absolute atomic E-state index is 0.0653. The first-order valence-corrected chi connectivity index (χ1v) is 10.8. The fourth-order valence-corrected chi connectivity index (χ4v) is 4.64. The summed E-state index contributed by atoms with van der Waals surface area (Å²) < 4.78 is 5.15. The fraction of sp³-hybridized carbons (Fsp3) is 0.391. The number of carbonyl (C=O) groups excluding carboxylic acids is 2. The molecule has 0 aromatic heterocycles. The van der Waals surface area contributed by atoms with Crippen molar-refractivity contribution >= 4 is 34.8 Å². The molecule has 0 bridgehead atoms. The third kappa shape index (κ3) is 3.72. The zero-order valence-electron chi connectivity index (χ0n) is 17.3. The number of anilines is 2. The first-order valence-electron chi connectivity index (χ1n) is 10.4. The summed E-state index contributed by atoms with van der Waals surface area (Å²) in [7, 11) is 1.54. The van der Waals surface area contributed by atoms with E-state index in [0.29, 0.717) is 27.6 Å². The molecule has 158 valence electrons. The van der Waals surface area contributed by atoms with Crippen molar-refractivity contribution in [2.24, 2.45) is 0 Å². The highest BCUT2D eigenvalue weighted by Gasteiger charge is 2.37. The highest BCUT2D eigenvalue weighted by atomic mass is 35.5. The van der Waals surface area contributed by atoms with Gasteiger partial charge in [-0.2, -0.15) is 0 Å². The lowest BCUT2D eigenvalue weighted by Crippen LogP contribution is -2.55. The molecule has 2 aromatic carbocycles. The Balaban J connectivity index is 1.63. The van der Waals surface area contributed by atoms with Crippen LogP contribution in [-0.2, 0) is 0 Å². The van der Waals surface area contributed by atoms with Gasteiger partial charge in [-0.25, -0.2) is 0 Å². The highest BCUT2D eigenvalue weighted by molar-refractivity contribution is 6.32. The molecular formula is C23H26ClN3O3. The summed E-state index contributed by atoms with van der Waals surface area (Å²) in [6.45, 7) is 3.66. The van der Waals surface area contributed by atoms with Gasteiger partial charge < -0.3 is 19.9 Å². The average Bonchev–Trinajstić information content (AvgIpc) is 3.00. The first-order chi connectivity index (χ1) is 14.5. The Morgan fingerprint density at radius 3 is 2.77 bits per heavy atom. The lowest BCUT2D eigenvalue weighted by atomic mass is 10.0. The molecule has 1 N–H and O–H groups in total. The standard InChI is InChI=1S/C23H26ClN3O3/c1-3-26-19-13-15(22(28)25-16-9-11-20(30-2)18(24)14-16)8-10-17(19)23(29)27-12-6-4-5-7-21(26)27/h8-11,13-14,21H,3-7,12H2,1-2H3,(H,25,28)/t21-/m1/s1. The number of hydrogen-bond acceptors (Lipinski definition) is 4. The van der Waals surface area contributed by atoms with Crippen LogP contribution in [0.25, 0.3) is 0 Å². The predicted octanol–water partition coefficient (Wildman–Crippen LogP) is 4.78. The summed E-state index contributed by atoms with van der Waals surface area (Å²) in [5.41, 5.74) is 2.60. The van der Waals surface area contributed by atoms with Gasteiger partial charge >= 0.3 is 0 Å². The van der Waals surface area contributed by atoms with Crippen molar-refractivity contribution in [1.82, 2.24) is 4.90 Å². The predicted molar refractivity (Wildman–Crippen MR) is 119 cm³/mol. The third-order valence-corrected chi connectivity index (χ3v) is 6.19. The van der Waals surface area contributed by atoms with E-state index >= 15 is 0 Å². The topological polar surface area (TPSA) is 61.9 Å². The molecule has 1 saturated heterocycles. The minimum Gasteiger partial charge on any atom is -0.495 e. The smallest absolute Gasteiger partial charge is 0.257 e. The van der Waals surface area contributed by atoms with E-state index in [1.165, 1.54) is 0 Å². The van der Waals surface area contributed by atoms with Gasteiger partial charge in [0.1, 0.15) is 11.9 Å². The van der Waals surface area contributed by atoms with Crippen molar-refractivity contribution < 1.29 is 14.3 Å². The number of nitrogens with zero attached hydrogens (tertiary/aromatic N) is 2. The van der Waals surface area contributed by atoms with E-state index in [2.05, 4.69) is 17.1 Å². The number of hydrogen-bond donors (Lipinski definition) is 1. The van der Waals surface area contributed by atoms with Crippen LogP contribution in [0.2, 0.25) is 5.02 Å². The van der Waals surface area contributed by atoms with Crippen LogP contribution in [0.15, 0.2) is 36.4 Å². The second-order valence-electron chi connectivity index (χ2n) is 7.65. The van der Waals surface area contributed by atoms with Crippen LogP contribution in [0.4, 0.5) is 11.4 Å². The Hall–Kier alpha value is -2.73. The maximum Gasteiger partial charge on any atom is 0.257 e. The molecule has 4 rings (SSSR count). The average molecular weight is 428 g/mol. The van der Waals surface area contributed by atoms with Crippen LogP contribution in [0.3, 0.4) is 0 Å². The second kappa shape index (κ2) is 8.56. The van der Waals surface area contributed by atoms with Crippen molar-refractivity contribution in [3.05, 3.63) is 52.5 Å². The van der Waals surface area contributed by atoms with E-state index in [4.69, 9.17) is 16.3 Å². The van der Waals surface area contributed by atoms with E-state index in [-0.39, 0.29) is 18.0 Å². The Morgan fingerprint density at radius 1 is 1.20 bits per heavy atom. The lowest BCUT2D eigenvalue weighted by molar-refractivity contribution is 0.0656. The Labute approximate surface area is 181 Å². The molecule has 0 saturated carbocycles. The number of benzene rings is 2. The van der Waals surface area contributed by atoms with E-state index in [1.54, 1.807) is 37.4 Å². The van der Waals surface area contributed by atoms with Gasteiger partial charge in [0.05, 0.1) is 23.4 Å². The van der Waals surface area contributed by atoms with Crippen LogP contribution in [0.1, 0.15) is 53.3 Å². The molecule has 0 unspecified atom stereocenters. The quantitative estimate of drug-likeness (QED) is 0.762. The molecule has 1 atom stereocenters. The Bertz CT molecular complexity index is 978. The molecule has 0 aliphatic carbocycles. The van der Waals surface area contributed by atoms with Gasteiger partial charge in [0, 0.05) is 24.3 Å². The maximum absolute atomic E-state index is 13.1. The van der Waals surface area contributed by atoms with E-state index in [9.17, 15) is 9.59 Å². The van der Waals surface area contributed by atoms with E-state index in [0.717, 1.165) is 44.5 Å². The maximum atomic E-state index is 13.1. The molecule has 1 fully saturated rings. The molecule has 0 spiro atoms. The van der Waals surface area contributed by atoms with Crippen LogP contribution < -0.4 is 15.0 Å². The summed E-state index contributed by atoms with van der Waals surface area (Å²) in [6, 6.07) is 10.4. The van der Waals surface area contributed by atoms with E-state index in [1.807, 2.05) is 11.0 Å². The van der Waals surface area contributed by atoms with Crippen LogP contribution in [-0.4, -0.2) is 43.1 Å². The molecule has 2 aromatic rings. The summed E-state index contributed by atoms with van der Waals surface area (Å²) in [6.07, 6.45) is 4.32. The molecule has 0 radical (unpaired) electrons. The zero-order chi connectivity index (χ0) is 21.3. The number of halogens is 1. The zero-order valence-corrected chi connectivity index (χ0v) is 18.0. The monoisotopic (exact) mass is 427 g/mol. The second-order valence-corrected chi connectivity index (χ2v) is 8.06. The van der Waals surface area contributed by atoms with Gasteiger partial charge in [-0.1, -0.05) is 18.0 Å². The molecule has 6 nitrogen and oxygen atoms in total.